The molecule has 4 rings (SSSR count). The Bertz CT molecular complexity index is 1300. The smallest absolute Gasteiger partial charge is 0.0314 e. The van der Waals surface area contributed by atoms with E-state index in [4.69, 9.17) is 11.5 Å². The predicted molar refractivity (Wildman–Crippen MR) is 211 cm³/mol. The van der Waals surface area contributed by atoms with Crippen LogP contribution < -0.4 is 11.5 Å². The van der Waals surface area contributed by atoms with Gasteiger partial charge in [-0.15, -0.1) is 0 Å². The van der Waals surface area contributed by atoms with E-state index in [1.54, 1.807) is 0 Å². The van der Waals surface area contributed by atoms with Crippen molar-refractivity contribution in [2.45, 2.75) is 135 Å². The summed E-state index contributed by atoms with van der Waals surface area (Å²) in [4.78, 5) is 0. The molecule has 0 aliphatic heterocycles. The van der Waals surface area contributed by atoms with Crippen LogP contribution in [0, 0.1) is 5.92 Å². The van der Waals surface area contributed by atoms with Gasteiger partial charge in [-0.3, -0.25) is 0 Å². The van der Waals surface area contributed by atoms with Crippen LogP contribution in [-0.2, 0) is 12.8 Å². The van der Waals surface area contributed by atoms with E-state index in [1.165, 1.54) is 123 Å². The van der Waals surface area contributed by atoms with Crippen LogP contribution in [0.25, 0.3) is 0 Å². The van der Waals surface area contributed by atoms with E-state index >= 15 is 0 Å². The van der Waals surface area contributed by atoms with Gasteiger partial charge in [0.25, 0.3) is 0 Å². The number of hydrogen-bond acceptors (Lipinski definition) is 2. The summed E-state index contributed by atoms with van der Waals surface area (Å²) < 4.78 is 0. The molecule has 4 aromatic rings. The molecule has 0 aliphatic rings. The molecule has 0 saturated heterocycles. The molecule has 0 fully saturated rings. The van der Waals surface area contributed by atoms with Crippen molar-refractivity contribution in [2.24, 2.45) is 5.92 Å². The van der Waals surface area contributed by atoms with Gasteiger partial charge >= 0.3 is 0 Å². The minimum Gasteiger partial charge on any atom is -0.399 e. The van der Waals surface area contributed by atoms with Gasteiger partial charge in [-0.2, -0.15) is 0 Å². The molecular formula is C46H64N2. The molecule has 2 atom stereocenters. The molecule has 0 radical (unpaired) electrons. The van der Waals surface area contributed by atoms with E-state index in [-0.39, 0.29) is 0 Å². The zero-order valence-corrected chi connectivity index (χ0v) is 30.4. The maximum Gasteiger partial charge on any atom is 0.0314 e. The van der Waals surface area contributed by atoms with Crippen LogP contribution in [0.2, 0.25) is 0 Å². The summed E-state index contributed by atoms with van der Waals surface area (Å²) >= 11 is 0. The molecule has 2 nitrogen and oxygen atoms in total. The van der Waals surface area contributed by atoms with Crippen LogP contribution in [0.5, 0.6) is 0 Å². The van der Waals surface area contributed by atoms with E-state index in [1.807, 2.05) is 0 Å². The van der Waals surface area contributed by atoms with E-state index in [2.05, 4.69) is 118 Å². The fourth-order valence-corrected chi connectivity index (χ4v) is 7.46. The Morgan fingerprint density at radius 1 is 0.375 bits per heavy atom. The Morgan fingerprint density at radius 3 is 1.04 bits per heavy atom. The summed E-state index contributed by atoms with van der Waals surface area (Å²) in [6.07, 6.45) is 20.2. The molecule has 4 aromatic carbocycles. The molecule has 258 valence electrons. The Balaban J connectivity index is 1.46. The van der Waals surface area contributed by atoms with E-state index < -0.39 is 0 Å². The predicted octanol–water partition coefficient (Wildman–Crippen LogP) is 13.0. The SMILES string of the molecule is CCCCCCC(c1ccc(N)cc1)c1ccc(CC(CCCCC)Cc2ccc(C(CCCCCC)c3ccc(N)cc3)cc2)cc1. The van der Waals surface area contributed by atoms with Crippen molar-refractivity contribution < 1.29 is 0 Å². The fraction of sp³-hybridized carbons (Fsp3) is 0.478. The first-order valence-electron chi connectivity index (χ1n) is 19.4. The molecule has 0 amide bonds. The highest BCUT2D eigenvalue weighted by atomic mass is 14.5. The second kappa shape index (κ2) is 20.8. The minimum atomic E-state index is 0.430. The van der Waals surface area contributed by atoms with Crippen molar-refractivity contribution in [1.82, 2.24) is 0 Å². The number of rotatable bonds is 22. The van der Waals surface area contributed by atoms with E-state index in [0.29, 0.717) is 17.8 Å². The number of nitrogens with two attached hydrogens (primary N) is 2. The second-order valence-corrected chi connectivity index (χ2v) is 14.4. The van der Waals surface area contributed by atoms with Crippen molar-refractivity contribution in [1.29, 1.82) is 0 Å². The molecular weight excluding hydrogens is 581 g/mol. The summed E-state index contributed by atoms with van der Waals surface area (Å²) in [7, 11) is 0. The molecule has 0 heterocycles. The lowest BCUT2D eigenvalue weighted by molar-refractivity contribution is 0.452. The standard InChI is InChI=1S/C46H64N2/c1-4-7-10-13-16-45(41-26-30-43(47)31-27-41)39-22-18-36(19-23-39)34-38(15-12-9-6-3)35-37-20-24-40(25-21-37)46(17-14-11-8-5-2)42-28-32-44(48)33-29-42/h18-33,38,45-46H,4-17,34-35,47-48H2,1-3H3. The molecule has 2 heteroatoms. The maximum absolute atomic E-state index is 6.04. The molecule has 0 aromatic heterocycles. The Kier molecular flexibility index (Phi) is 16.1. The van der Waals surface area contributed by atoms with Crippen LogP contribution in [0.15, 0.2) is 97.1 Å². The zero-order chi connectivity index (χ0) is 34.0. The summed E-state index contributed by atoms with van der Waals surface area (Å²) in [6.45, 7) is 6.89. The molecule has 4 N–H and O–H groups in total. The highest BCUT2D eigenvalue weighted by Gasteiger charge is 2.18. The lowest BCUT2D eigenvalue weighted by Crippen LogP contribution is -2.10. The molecule has 0 spiro atoms. The Labute approximate surface area is 293 Å². The number of nitrogen functional groups attached to an aromatic ring is 2. The third-order valence-electron chi connectivity index (χ3n) is 10.4. The van der Waals surface area contributed by atoms with Crippen LogP contribution in [0.4, 0.5) is 11.4 Å². The number of unbranched alkanes of at least 4 members (excludes halogenated alkanes) is 8. The summed E-state index contributed by atoms with van der Waals surface area (Å²) in [6, 6.07) is 36.4. The molecule has 48 heavy (non-hydrogen) atoms. The van der Waals surface area contributed by atoms with Gasteiger partial charge in [0.15, 0.2) is 0 Å². The highest BCUT2D eigenvalue weighted by Crippen LogP contribution is 2.33. The summed E-state index contributed by atoms with van der Waals surface area (Å²) in [5.74, 6) is 1.51. The quantitative estimate of drug-likeness (QED) is 0.0660. The van der Waals surface area contributed by atoms with Gasteiger partial charge in [-0.1, -0.05) is 164 Å². The van der Waals surface area contributed by atoms with Gasteiger partial charge in [0.05, 0.1) is 0 Å². The monoisotopic (exact) mass is 645 g/mol. The number of hydrogen-bond donors (Lipinski definition) is 2. The topological polar surface area (TPSA) is 52.0 Å². The largest absolute Gasteiger partial charge is 0.399 e. The highest BCUT2D eigenvalue weighted by molar-refractivity contribution is 5.44. The first-order valence-corrected chi connectivity index (χ1v) is 19.4. The van der Waals surface area contributed by atoms with Gasteiger partial charge < -0.3 is 11.5 Å². The molecule has 0 bridgehead atoms. The van der Waals surface area contributed by atoms with Gasteiger partial charge in [0.2, 0.25) is 0 Å². The van der Waals surface area contributed by atoms with Crippen molar-refractivity contribution in [3.63, 3.8) is 0 Å². The van der Waals surface area contributed by atoms with Crippen LogP contribution in [0.1, 0.15) is 156 Å². The van der Waals surface area contributed by atoms with E-state index in [0.717, 1.165) is 24.2 Å². The lowest BCUT2D eigenvalue weighted by Gasteiger charge is -2.21. The van der Waals surface area contributed by atoms with Crippen molar-refractivity contribution in [2.75, 3.05) is 11.5 Å². The van der Waals surface area contributed by atoms with Gasteiger partial charge in [0, 0.05) is 23.2 Å². The molecule has 2 unspecified atom stereocenters. The Morgan fingerprint density at radius 2 is 0.688 bits per heavy atom. The summed E-state index contributed by atoms with van der Waals surface area (Å²) in [5, 5.41) is 0. The third kappa shape index (κ3) is 12.2. The second-order valence-electron chi connectivity index (χ2n) is 14.4. The normalized spacial score (nSPS) is 13.3. The van der Waals surface area contributed by atoms with Crippen molar-refractivity contribution in [3.8, 4) is 0 Å². The van der Waals surface area contributed by atoms with Gasteiger partial charge in [-0.25, -0.2) is 0 Å². The minimum absolute atomic E-state index is 0.430. The first kappa shape index (κ1) is 37.3. The van der Waals surface area contributed by atoms with Crippen LogP contribution in [0.3, 0.4) is 0 Å². The zero-order valence-electron chi connectivity index (χ0n) is 30.4. The van der Waals surface area contributed by atoms with Crippen LogP contribution >= 0.6 is 0 Å². The van der Waals surface area contributed by atoms with Crippen LogP contribution in [-0.4, -0.2) is 0 Å². The van der Waals surface area contributed by atoms with Gasteiger partial charge in [0.1, 0.15) is 0 Å². The van der Waals surface area contributed by atoms with E-state index in [9.17, 15) is 0 Å². The van der Waals surface area contributed by atoms with Crippen molar-refractivity contribution in [3.05, 3.63) is 130 Å². The molecule has 0 saturated carbocycles. The Hall–Kier alpha value is -3.52. The average Bonchev–Trinajstić information content (AvgIpc) is 3.10. The number of benzene rings is 4. The molecule has 0 aliphatic carbocycles. The third-order valence-corrected chi connectivity index (χ3v) is 10.4. The lowest BCUT2D eigenvalue weighted by atomic mass is 9.84. The summed E-state index contributed by atoms with van der Waals surface area (Å²) in [5.41, 5.74) is 22.3. The maximum atomic E-state index is 6.04. The fourth-order valence-electron chi connectivity index (χ4n) is 7.46. The van der Waals surface area contributed by atoms with Crippen molar-refractivity contribution >= 4 is 11.4 Å². The van der Waals surface area contributed by atoms with Gasteiger partial charge in [-0.05, 0) is 95.7 Å². The number of anilines is 2. The average molecular weight is 645 g/mol. The first-order chi connectivity index (χ1) is 23.5.